The molecule has 0 bridgehead atoms. The maximum absolute atomic E-state index is 11.6. The van der Waals surface area contributed by atoms with Gasteiger partial charge in [0.05, 0.1) is 12.4 Å². The van der Waals surface area contributed by atoms with Crippen molar-refractivity contribution < 1.29 is 4.79 Å². The van der Waals surface area contributed by atoms with Crippen LogP contribution >= 0.6 is 0 Å². The van der Waals surface area contributed by atoms with E-state index in [-0.39, 0.29) is 18.0 Å². The number of fused-ring (bicyclic) bond motifs is 1. The van der Waals surface area contributed by atoms with Crippen LogP contribution in [0, 0.1) is 0 Å². The molecule has 2 heterocycles. The number of aromatic nitrogens is 4. The largest absolute Gasteiger partial charge is 0.355 e. The fourth-order valence-electron chi connectivity index (χ4n) is 1.46. The van der Waals surface area contributed by atoms with Gasteiger partial charge in [-0.05, 0) is 6.92 Å². The molecule has 0 aliphatic carbocycles. The van der Waals surface area contributed by atoms with Crippen LogP contribution in [0.5, 0.6) is 0 Å². The summed E-state index contributed by atoms with van der Waals surface area (Å²) in [6.07, 6.45) is 3.97. The minimum atomic E-state index is -0.359. The molecule has 0 aliphatic heterocycles. The molecule has 0 saturated carbocycles. The van der Waals surface area contributed by atoms with E-state index in [0.29, 0.717) is 17.7 Å². The van der Waals surface area contributed by atoms with E-state index >= 15 is 0 Å². The second kappa shape index (κ2) is 4.69. The lowest BCUT2D eigenvalue weighted by Crippen LogP contribution is -2.32. The van der Waals surface area contributed by atoms with E-state index in [1.165, 1.54) is 17.1 Å². The summed E-state index contributed by atoms with van der Waals surface area (Å²) in [4.78, 5) is 34.8. The molecule has 88 valence electrons. The fourth-order valence-corrected chi connectivity index (χ4v) is 1.46. The molecular weight excluding hydrogens is 222 g/mol. The van der Waals surface area contributed by atoms with Crippen molar-refractivity contribution >= 4 is 17.1 Å². The number of rotatable bonds is 3. The second-order valence-electron chi connectivity index (χ2n) is 3.37. The molecule has 0 aromatic carbocycles. The zero-order valence-corrected chi connectivity index (χ0v) is 9.25. The van der Waals surface area contributed by atoms with E-state index in [0.717, 1.165) is 6.20 Å². The van der Waals surface area contributed by atoms with Crippen molar-refractivity contribution in [1.29, 1.82) is 0 Å². The van der Waals surface area contributed by atoms with E-state index < -0.39 is 0 Å². The summed E-state index contributed by atoms with van der Waals surface area (Å²) in [5, 5.41) is 2.62. The van der Waals surface area contributed by atoms with Gasteiger partial charge in [-0.25, -0.2) is 15.0 Å². The summed E-state index contributed by atoms with van der Waals surface area (Å²) in [5.41, 5.74) is 0.484. The van der Waals surface area contributed by atoms with Crippen molar-refractivity contribution in [3.63, 3.8) is 0 Å². The predicted molar refractivity (Wildman–Crippen MR) is 60.3 cm³/mol. The van der Waals surface area contributed by atoms with Gasteiger partial charge in [0, 0.05) is 6.54 Å². The fraction of sp³-hybridized carbons (Fsp3) is 0.300. The molecule has 0 unspecified atom stereocenters. The Labute approximate surface area is 96.5 Å². The topological polar surface area (TPSA) is 89.8 Å². The first kappa shape index (κ1) is 11.2. The SMILES string of the molecule is CCNC(=O)Cn1c(=O)cnc2cncnc21. The van der Waals surface area contributed by atoms with Gasteiger partial charge in [-0.15, -0.1) is 0 Å². The Bertz CT molecular complexity index is 607. The van der Waals surface area contributed by atoms with Gasteiger partial charge < -0.3 is 5.32 Å². The third-order valence-electron chi connectivity index (χ3n) is 2.18. The number of carbonyl (C=O) groups is 1. The van der Waals surface area contributed by atoms with Crippen molar-refractivity contribution in [2.75, 3.05) is 6.54 Å². The first-order valence-corrected chi connectivity index (χ1v) is 5.14. The lowest BCUT2D eigenvalue weighted by molar-refractivity contribution is -0.121. The zero-order chi connectivity index (χ0) is 12.3. The molecule has 0 radical (unpaired) electrons. The molecule has 7 heteroatoms. The molecule has 2 aromatic rings. The highest BCUT2D eigenvalue weighted by Crippen LogP contribution is 2.02. The normalized spacial score (nSPS) is 10.4. The first-order chi connectivity index (χ1) is 8.22. The van der Waals surface area contributed by atoms with Crippen LogP contribution in [0.25, 0.3) is 11.2 Å². The molecule has 1 N–H and O–H groups in total. The van der Waals surface area contributed by atoms with Gasteiger partial charge in [0.1, 0.15) is 18.4 Å². The molecular formula is C10H11N5O2. The van der Waals surface area contributed by atoms with Gasteiger partial charge in [-0.3, -0.25) is 14.2 Å². The highest BCUT2D eigenvalue weighted by Gasteiger charge is 2.08. The van der Waals surface area contributed by atoms with E-state index in [1.54, 1.807) is 0 Å². The smallest absolute Gasteiger partial charge is 0.271 e. The van der Waals surface area contributed by atoms with Crippen LogP contribution in [-0.2, 0) is 11.3 Å². The average molecular weight is 233 g/mol. The molecule has 17 heavy (non-hydrogen) atoms. The van der Waals surface area contributed by atoms with E-state index in [4.69, 9.17) is 0 Å². The number of nitrogens with zero attached hydrogens (tertiary/aromatic N) is 4. The second-order valence-corrected chi connectivity index (χ2v) is 3.37. The third kappa shape index (κ3) is 2.27. The van der Waals surface area contributed by atoms with E-state index in [9.17, 15) is 9.59 Å². The third-order valence-corrected chi connectivity index (χ3v) is 2.18. The lowest BCUT2D eigenvalue weighted by atomic mass is 10.4. The summed E-state index contributed by atoms with van der Waals surface area (Å²) < 4.78 is 1.27. The van der Waals surface area contributed by atoms with Crippen LogP contribution in [-0.4, -0.2) is 32.0 Å². The van der Waals surface area contributed by atoms with Gasteiger partial charge in [0.2, 0.25) is 5.91 Å². The van der Waals surface area contributed by atoms with E-state index in [2.05, 4.69) is 20.3 Å². The summed E-state index contributed by atoms with van der Waals surface area (Å²) in [7, 11) is 0. The number of carbonyl (C=O) groups excluding carboxylic acids is 1. The number of likely N-dealkylation sites (N-methyl/N-ethyl adjacent to an activating group) is 1. The lowest BCUT2D eigenvalue weighted by Gasteiger charge is -2.07. The molecule has 0 saturated heterocycles. The predicted octanol–water partition coefficient (Wildman–Crippen LogP) is -0.677. The summed E-state index contributed by atoms with van der Waals surface area (Å²) in [6, 6.07) is 0. The quantitative estimate of drug-likeness (QED) is 0.758. The van der Waals surface area contributed by atoms with Crippen molar-refractivity contribution in [2.24, 2.45) is 0 Å². The molecule has 0 fully saturated rings. The summed E-state index contributed by atoms with van der Waals surface area (Å²) >= 11 is 0. The Morgan fingerprint density at radius 2 is 2.24 bits per heavy atom. The van der Waals surface area contributed by atoms with Gasteiger partial charge in [0.25, 0.3) is 5.56 Å². The number of amides is 1. The van der Waals surface area contributed by atoms with Crippen LogP contribution in [0.15, 0.2) is 23.5 Å². The number of nitrogens with one attached hydrogen (secondary N) is 1. The Morgan fingerprint density at radius 1 is 1.41 bits per heavy atom. The van der Waals surface area contributed by atoms with Crippen LogP contribution in [0.3, 0.4) is 0 Å². The first-order valence-electron chi connectivity index (χ1n) is 5.14. The molecule has 0 atom stereocenters. The Balaban J connectivity index is 2.48. The Kier molecular flexibility index (Phi) is 3.08. The molecule has 1 amide bonds. The highest BCUT2D eigenvalue weighted by atomic mass is 16.2. The number of hydrogen-bond donors (Lipinski definition) is 1. The molecule has 0 spiro atoms. The zero-order valence-electron chi connectivity index (χ0n) is 9.25. The van der Waals surface area contributed by atoms with Gasteiger partial charge in [-0.1, -0.05) is 0 Å². The molecule has 7 nitrogen and oxygen atoms in total. The van der Waals surface area contributed by atoms with Crippen molar-refractivity contribution in [1.82, 2.24) is 24.8 Å². The standard InChI is InChI=1S/C10H11N5O2/c1-2-12-8(16)5-15-9(17)4-13-7-3-11-6-14-10(7)15/h3-4,6H,2,5H2,1H3,(H,12,16). The highest BCUT2D eigenvalue weighted by molar-refractivity contribution is 5.78. The Morgan fingerprint density at radius 3 is 3.00 bits per heavy atom. The van der Waals surface area contributed by atoms with Gasteiger partial charge >= 0.3 is 0 Å². The van der Waals surface area contributed by atoms with E-state index in [1.807, 2.05) is 6.92 Å². The Hall–Kier alpha value is -2.31. The molecule has 2 rings (SSSR count). The van der Waals surface area contributed by atoms with Crippen LogP contribution in [0.1, 0.15) is 6.92 Å². The van der Waals surface area contributed by atoms with Crippen molar-refractivity contribution in [3.05, 3.63) is 29.1 Å². The minimum absolute atomic E-state index is 0.0668. The summed E-state index contributed by atoms with van der Waals surface area (Å²) in [5.74, 6) is -0.235. The van der Waals surface area contributed by atoms with Gasteiger partial charge in [0.15, 0.2) is 5.65 Å². The van der Waals surface area contributed by atoms with Crippen LogP contribution in [0.2, 0.25) is 0 Å². The van der Waals surface area contributed by atoms with Gasteiger partial charge in [-0.2, -0.15) is 0 Å². The van der Waals surface area contributed by atoms with Crippen molar-refractivity contribution in [2.45, 2.75) is 13.5 Å². The monoisotopic (exact) mass is 233 g/mol. The molecule has 0 aliphatic rings. The summed E-state index contributed by atoms with van der Waals surface area (Å²) in [6.45, 7) is 2.27. The average Bonchev–Trinajstić information content (AvgIpc) is 2.33. The van der Waals surface area contributed by atoms with Crippen LogP contribution in [0.4, 0.5) is 0 Å². The number of hydrogen-bond acceptors (Lipinski definition) is 5. The minimum Gasteiger partial charge on any atom is -0.355 e. The van der Waals surface area contributed by atoms with Crippen molar-refractivity contribution in [3.8, 4) is 0 Å². The molecule has 2 aromatic heterocycles. The maximum atomic E-state index is 11.6. The maximum Gasteiger partial charge on any atom is 0.271 e. The van der Waals surface area contributed by atoms with Crippen LogP contribution < -0.4 is 10.9 Å².